The van der Waals surface area contributed by atoms with Crippen molar-refractivity contribution in [3.63, 3.8) is 0 Å². The van der Waals surface area contributed by atoms with Crippen molar-refractivity contribution in [1.29, 1.82) is 0 Å². The first-order valence-electron chi connectivity index (χ1n) is 8.97. The van der Waals surface area contributed by atoms with Gasteiger partial charge in [-0.3, -0.25) is 0 Å². The SMILES string of the molecule is COc1cc(/C=C/c2ccc(OC)c(OCc3ccccc3)c2)cc(OC)c1. The number of hydrogen-bond acceptors (Lipinski definition) is 4. The van der Waals surface area contributed by atoms with Crippen molar-refractivity contribution in [2.75, 3.05) is 21.3 Å². The average Bonchev–Trinajstić information content (AvgIpc) is 2.76. The summed E-state index contributed by atoms with van der Waals surface area (Å²) >= 11 is 0. The highest BCUT2D eigenvalue weighted by molar-refractivity contribution is 5.72. The molecule has 0 atom stereocenters. The zero-order valence-corrected chi connectivity index (χ0v) is 16.3. The van der Waals surface area contributed by atoms with Crippen molar-refractivity contribution in [2.24, 2.45) is 0 Å². The summed E-state index contributed by atoms with van der Waals surface area (Å²) in [7, 11) is 4.92. The third kappa shape index (κ3) is 5.07. The van der Waals surface area contributed by atoms with E-state index < -0.39 is 0 Å². The summed E-state index contributed by atoms with van der Waals surface area (Å²) in [4.78, 5) is 0. The topological polar surface area (TPSA) is 36.9 Å². The van der Waals surface area contributed by atoms with Crippen LogP contribution >= 0.6 is 0 Å². The molecule has 144 valence electrons. The zero-order valence-electron chi connectivity index (χ0n) is 16.3. The summed E-state index contributed by atoms with van der Waals surface area (Å²) in [5.74, 6) is 2.91. The number of ether oxygens (including phenoxy) is 4. The van der Waals surface area contributed by atoms with Crippen LogP contribution in [0.15, 0.2) is 66.7 Å². The van der Waals surface area contributed by atoms with Crippen molar-refractivity contribution in [3.05, 3.63) is 83.4 Å². The number of methoxy groups -OCH3 is 3. The Labute approximate surface area is 165 Å². The first kappa shape index (κ1) is 19.4. The molecular weight excluding hydrogens is 352 g/mol. The summed E-state index contributed by atoms with van der Waals surface area (Å²) in [5.41, 5.74) is 3.10. The van der Waals surface area contributed by atoms with Crippen LogP contribution in [-0.2, 0) is 6.61 Å². The molecule has 0 spiro atoms. The monoisotopic (exact) mass is 376 g/mol. The van der Waals surface area contributed by atoms with Crippen molar-refractivity contribution < 1.29 is 18.9 Å². The minimum atomic E-state index is 0.484. The van der Waals surface area contributed by atoms with Crippen molar-refractivity contribution in [1.82, 2.24) is 0 Å². The van der Waals surface area contributed by atoms with Gasteiger partial charge in [-0.2, -0.15) is 0 Å². The molecule has 0 unspecified atom stereocenters. The fourth-order valence-electron chi connectivity index (χ4n) is 2.76. The van der Waals surface area contributed by atoms with Crippen molar-refractivity contribution in [3.8, 4) is 23.0 Å². The van der Waals surface area contributed by atoms with Gasteiger partial charge < -0.3 is 18.9 Å². The van der Waals surface area contributed by atoms with Crippen molar-refractivity contribution in [2.45, 2.75) is 6.61 Å². The Morgan fingerprint density at radius 1 is 0.643 bits per heavy atom. The molecule has 0 aromatic heterocycles. The van der Waals surface area contributed by atoms with Crippen LogP contribution < -0.4 is 18.9 Å². The molecule has 0 radical (unpaired) electrons. The number of hydrogen-bond donors (Lipinski definition) is 0. The molecule has 3 aromatic carbocycles. The maximum atomic E-state index is 5.98. The van der Waals surface area contributed by atoms with Gasteiger partial charge >= 0.3 is 0 Å². The fraction of sp³-hybridized carbons (Fsp3) is 0.167. The Balaban J connectivity index is 1.80. The molecule has 28 heavy (non-hydrogen) atoms. The highest BCUT2D eigenvalue weighted by atomic mass is 16.5. The minimum absolute atomic E-state index is 0.484. The molecule has 0 saturated carbocycles. The smallest absolute Gasteiger partial charge is 0.162 e. The van der Waals surface area contributed by atoms with Gasteiger partial charge in [-0.15, -0.1) is 0 Å². The largest absolute Gasteiger partial charge is 0.497 e. The molecule has 0 saturated heterocycles. The molecule has 0 N–H and O–H groups in total. The molecule has 0 fully saturated rings. The van der Waals surface area contributed by atoms with Gasteiger partial charge in [-0.1, -0.05) is 48.6 Å². The summed E-state index contributed by atoms with van der Waals surface area (Å²) < 4.78 is 22.1. The van der Waals surface area contributed by atoms with Crippen LogP contribution in [0.25, 0.3) is 12.2 Å². The first-order valence-corrected chi connectivity index (χ1v) is 8.97. The second kappa shape index (κ2) is 9.51. The first-order chi connectivity index (χ1) is 13.7. The Kier molecular flexibility index (Phi) is 6.58. The van der Waals surface area contributed by atoms with Gasteiger partial charge in [0.05, 0.1) is 21.3 Å². The van der Waals surface area contributed by atoms with Crippen LogP contribution in [0.3, 0.4) is 0 Å². The Hall–Kier alpha value is -3.40. The van der Waals surface area contributed by atoms with Crippen LogP contribution in [-0.4, -0.2) is 21.3 Å². The van der Waals surface area contributed by atoms with E-state index in [1.165, 1.54) is 0 Å². The normalized spacial score (nSPS) is 10.7. The number of rotatable bonds is 8. The molecular formula is C24H24O4. The quantitative estimate of drug-likeness (QED) is 0.489. The van der Waals surface area contributed by atoms with Gasteiger partial charge in [-0.05, 0) is 41.0 Å². The van der Waals surface area contributed by atoms with Gasteiger partial charge in [0.15, 0.2) is 11.5 Å². The maximum Gasteiger partial charge on any atom is 0.162 e. The molecule has 0 aliphatic carbocycles. The predicted octanol–water partition coefficient (Wildman–Crippen LogP) is 5.46. The third-order valence-electron chi connectivity index (χ3n) is 4.27. The second-order valence-electron chi connectivity index (χ2n) is 6.16. The summed E-state index contributed by atoms with van der Waals surface area (Å²) in [6, 6.07) is 21.7. The molecule has 4 heteroatoms. The zero-order chi connectivity index (χ0) is 19.8. The van der Waals surface area contributed by atoms with Crippen molar-refractivity contribution >= 4 is 12.2 Å². The third-order valence-corrected chi connectivity index (χ3v) is 4.27. The van der Waals surface area contributed by atoms with Gasteiger partial charge in [0.25, 0.3) is 0 Å². The predicted molar refractivity (Wildman–Crippen MR) is 112 cm³/mol. The van der Waals surface area contributed by atoms with Gasteiger partial charge in [0.1, 0.15) is 18.1 Å². The van der Waals surface area contributed by atoms with E-state index in [1.807, 2.05) is 78.9 Å². The van der Waals surface area contributed by atoms with Crippen LogP contribution in [0, 0.1) is 0 Å². The molecule has 0 aliphatic rings. The van der Waals surface area contributed by atoms with E-state index in [9.17, 15) is 0 Å². The van der Waals surface area contributed by atoms with E-state index in [4.69, 9.17) is 18.9 Å². The highest BCUT2D eigenvalue weighted by Crippen LogP contribution is 2.30. The van der Waals surface area contributed by atoms with Gasteiger partial charge in [0.2, 0.25) is 0 Å². The van der Waals surface area contributed by atoms with Crippen LogP contribution in [0.1, 0.15) is 16.7 Å². The summed E-state index contributed by atoms with van der Waals surface area (Å²) in [5, 5.41) is 0. The van der Waals surface area contributed by atoms with Crippen LogP contribution in [0.4, 0.5) is 0 Å². The van der Waals surface area contributed by atoms with E-state index in [-0.39, 0.29) is 0 Å². The van der Waals surface area contributed by atoms with Gasteiger partial charge in [0, 0.05) is 6.07 Å². The number of benzene rings is 3. The standard InChI is InChI=1S/C24H24O4/c1-25-21-13-20(14-22(16-21)26-2)10-9-18-11-12-23(27-3)24(15-18)28-17-19-7-5-4-6-8-19/h4-16H,17H2,1-3H3/b10-9+. The Bertz CT molecular complexity index is 910. The lowest BCUT2D eigenvalue weighted by Gasteiger charge is -2.11. The van der Waals surface area contributed by atoms with Crippen LogP contribution in [0.2, 0.25) is 0 Å². The maximum absolute atomic E-state index is 5.98. The lowest BCUT2D eigenvalue weighted by Crippen LogP contribution is -1.97. The summed E-state index contributed by atoms with van der Waals surface area (Å²) in [6.45, 7) is 0.484. The van der Waals surface area contributed by atoms with E-state index in [2.05, 4.69) is 0 Å². The molecule has 3 rings (SSSR count). The molecule has 0 heterocycles. The molecule has 0 bridgehead atoms. The van der Waals surface area contributed by atoms with E-state index in [0.29, 0.717) is 18.1 Å². The lowest BCUT2D eigenvalue weighted by molar-refractivity contribution is 0.284. The molecule has 4 nitrogen and oxygen atoms in total. The summed E-state index contributed by atoms with van der Waals surface area (Å²) in [6.07, 6.45) is 4.02. The van der Waals surface area contributed by atoms with Crippen LogP contribution in [0.5, 0.6) is 23.0 Å². The Morgan fingerprint density at radius 2 is 1.32 bits per heavy atom. The second-order valence-corrected chi connectivity index (χ2v) is 6.16. The van der Waals surface area contributed by atoms with E-state index in [1.54, 1.807) is 21.3 Å². The Morgan fingerprint density at radius 3 is 1.96 bits per heavy atom. The van der Waals surface area contributed by atoms with E-state index in [0.717, 1.165) is 28.2 Å². The highest BCUT2D eigenvalue weighted by Gasteiger charge is 2.06. The molecule has 0 aliphatic heterocycles. The fourth-order valence-corrected chi connectivity index (χ4v) is 2.76. The average molecular weight is 376 g/mol. The lowest BCUT2D eigenvalue weighted by atomic mass is 10.1. The molecule has 3 aromatic rings. The van der Waals surface area contributed by atoms with Gasteiger partial charge in [-0.25, -0.2) is 0 Å². The minimum Gasteiger partial charge on any atom is -0.497 e. The molecule has 0 amide bonds. The van der Waals surface area contributed by atoms with E-state index >= 15 is 0 Å².